The van der Waals surface area contributed by atoms with Crippen LogP contribution >= 0.6 is 11.6 Å². The number of nitrogens with zero attached hydrogens (tertiary/aromatic N) is 4. The highest BCUT2D eigenvalue weighted by atomic mass is 35.5. The van der Waals surface area contributed by atoms with Crippen LogP contribution in [0.4, 0.5) is 0 Å². The molecule has 1 saturated heterocycles. The Bertz CT molecular complexity index is 641. The van der Waals surface area contributed by atoms with E-state index in [2.05, 4.69) is 15.2 Å². The Morgan fingerprint density at radius 3 is 2.81 bits per heavy atom. The maximum absolute atomic E-state index is 10.9. The normalized spacial score (nSPS) is 19.0. The molecule has 1 atom stereocenters. The van der Waals surface area contributed by atoms with Gasteiger partial charge >= 0.3 is 5.97 Å². The van der Waals surface area contributed by atoms with Gasteiger partial charge in [0.1, 0.15) is 0 Å². The molecular formula is C14H15ClN4O2. The van der Waals surface area contributed by atoms with Crippen molar-refractivity contribution in [2.24, 2.45) is 5.92 Å². The van der Waals surface area contributed by atoms with Crippen molar-refractivity contribution < 1.29 is 9.90 Å². The molecule has 0 spiro atoms. The third-order valence-corrected chi connectivity index (χ3v) is 3.89. The van der Waals surface area contributed by atoms with E-state index < -0.39 is 5.97 Å². The minimum Gasteiger partial charge on any atom is -0.481 e. The van der Waals surface area contributed by atoms with Gasteiger partial charge in [-0.05, 0) is 37.2 Å². The summed E-state index contributed by atoms with van der Waals surface area (Å²) in [6.45, 7) is 1.98. The monoisotopic (exact) mass is 306 g/mol. The molecule has 21 heavy (non-hydrogen) atoms. The number of carboxylic acid groups (broad SMARTS) is 1. The summed E-state index contributed by atoms with van der Waals surface area (Å²) in [5, 5.41) is 17.9. The first-order chi connectivity index (χ1) is 10.1. The fourth-order valence-corrected chi connectivity index (χ4v) is 2.62. The summed E-state index contributed by atoms with van der Waals surface area (Å²) in [4.78, 5) is 13.0. The van der Waals surface area contributed by atoms with E-state index in [9.17, 15) is 4.79 Å². The Kier molecular flexibility index (Phi) is 3.90. The predicted molar refractivity (Wildman–Crippen MR) is 77.4 cm³/mol. The van der Waals surface area contributed by atoms with Crippen molar-refractivity contribution >= 4 is 17.6 Å². The van der Waals surface area contributed by atoms with Gasteiger partial charge in [0.25, 0.3) is 0 Å². The Morgan fingerprint density at radius 2 is 2.14 bits per heavy atom. The molecule has 1 N–H and O–H groups in total. The molecule has 0 saturated carbocycles. The smallest absolute Gasteiger partial charge is 0.307 e. The van der Waals surface area contributed by atoms with E-state index in [1.807, 2.05) is 18.3 Å². The Labute approximate surface area is 126 Å². The second kappa shape index (κ2) is 5.83. The lowest BCUT2D eigenvalue weighted by Gasteiger charge is -2.12. The van der Waals surface area contributed by atoms with Gasteiger partial charge < -0.3 is 5.11 Å². The fraction of sp³-hybridized carbons (Fsp3) is 0.357. The average Bonchev–Trinajstić information content (AvgIpc) is 3.10. The van der Waals surface area contributed by atoms with Crippen molar-refractivity contribution in [3.05, 3.63) is 41.2 Å². The van der Waals surface area contributed by atoms with E-state index in [0.717, 1.165) is 17.9 Å². The van der Waals surface area contributed by atoms with Crippen LogP contribution in [0.5, 0.6) is 0 Å². The summed E-state index contributed by atoms with van der Waals surface area (Å²) in [7, 11) is 0. The lowest BCUT2D eigenvalue weighted by Crippen LogP contribution is -2.22. The number of aliphatic carboxylic acids is 1. The van der Waals surface area contributed by atoms with Gasteiger partial charge in [-0.1, -0.05) is 16.8 Å². The van der Waals surface area contributed by atoms with Gasteiger partial charge in [-0.25, -0.2) is 4.68 Å². The molecule has 6 nitrogen and oxygen atoms in total. The van der Waals surface area contributed by atoms with Gasteiger partial charge in [0, 0.05) is 18.1 Å². The standard InChI is InChI=1S/C14H15ClN4O2/c15-11-1-3-13(4-2-11)19-9-12(16-17-19)8-18-6-5-10(7-18)14(20)21/h1-4,9-10H,5-8H2,(H,20,21). The highest BCUT2D eigenvalue weighted by molar-refractivity contribution is 6.30. The molecule has 1 aliphatic rings. The van der Waals surface area contributed by atoms with E-state index in [0.29, 0.717) is 24.5 Å². The number of halogens is 1. The summed E-state index contributed by atoms with van der Waals surface area (Å²) in [6, 6.07) is 7.35. The quantitative estimate of drug-likeness (QED) is 0.933. The van der Waals surface area contributed by atoms with Crippen molar-refractivity contribution in [2.75, 3.05) is 13.1 Å². The third-order valence-electron chi connectivity index (χ3n) is 3.64. The first-order valence-corrected chi connectivity index (χ1v) is 7.12. The topological polar surface area (TPSA) is 71.2 Å². The van der Waals surface area contributed by atoms with Crippen molar-refractivity contribution in [1.29, 1.82) is 0 Å². The molecule has 1 fully saturated rings. The lowest BCUT2D eigenvalue weighted by molar-refractivity contribution is -0.141. The van der Waals surface area contributed by atoms with Gasteiger partial charge in [0.2, 0.25) is 0 Å². The van der Waals surface area contributed by atoms with Crippen LogP contribution in [-0.4, -0.2) is 44.1 Å². The lowest BCUT2D eigenvalue weighted by atomic mass is 10.1. The van der Waals surface area contributed by atoms with Gasteiger partial charge in [0.05, 0.1) is 23.5 Å². The number of benzene rings is 1. The van der Waals surface area contributed by atoms with Gasteiger partial charge in [-0.2, -0.15) is 0 Å². The number of carbonyl (C=O) groups is 1. The predicted octanol–water partition coefficient (Wildman–Crippen LogP) is 1.83. The molecule has 2 aromatic rings. The Hall–Kier alpha value is -1.92. The minimum absolute atomic E-state index is 0.267. The molecule has 0 aliphatic carbocycles. The summed E-state index contributed by atoms with van der Waals surface area (Å²) < 4.78 is 1.69. The van der Waals surface area contributed by atoms with E-state index in [4.69, 9.17) is 16.7 Å². The van der Waals surface area contributed by atoms with Crippen LogP contribution in [0.3, 0.4) is 0 Å². The van der Waals surface area contributed by atoms with Crippen molar-refractivity contribution in [2.45, 2.75) is 13.0 Å². The highest BCUT2D eigenvalue weighted by Crippen LogP contribution is 2.18. The van der Waals surface area contributed by atoms with Crippen LogP contribution in [0.15, 0.2) is 30.5 Å². The minimum atomic E-state index is -0.720. The van der Waals surface area contributed by atoms with Crippen LogP contribution in [-0.2, 0) is 11.3 Å². The van der Waals surface area contributed by atoms with Crippen molar-refractivity contribution in [3.63, 3.8) is 0 Å². The second-order valence-electron chi connectivity index (χ2n) is 5.19. The first kappa shape index (κ1) is 14.0. The molecule has 1 aromatic heterocycles. The largest absolute Gasteiger partial charge is 0.481 e. The molecular weight excluding hydrogens is 292 g/mol. The zero-order valence-electron chi connectivity index (χ0n) is 11.3. The molecule has 1 unspecified atom stereocenters. The van der Waals surface area contributed by atoms with Crippen LogP contribution in [0, 0.1) is 5.92 Å². The van der Waals surface area contributed by atoms with Gasteiger partial charge in [-0.15, -0.1) is 5.10 Å². The zero-order chi connectivity index (χ0) is 14.8. The molecule has 0 amide bonds. The fourth-order valence-electron chi connectivity index (χ4n) is 2.50. The number of carboxylic acids is 1. The number of likely N-dealkylation sites (tertiary alicyclic amines) is 1. The molecule has 0 radical (unpaired) electrons. The van der Waals surface area contributed by atoms with Crippen molar-refractivity contribution in [1.82, 2.24) is 19.9 Å². The number of rotatable bonds is 4. The summed E-state index contributed by atoms with van der Waals surface area (Å²) in [5.41, 5.74) is 1.72. The molecule has 1 aliphatic heterocycles. The van der Waals surface area contributed by atoms with Gasteiger partial charge in [0.15, 0.2) is 0 Å². The molecule has 0 bridgehead atoms. The third kappa shape index (κ3) is 3.22. The summed E-state index contributed by atoms with van der Waals surface area (Å²) >= 11 is 5.86. The van der Waals surface area contributed by atoms with Crippen LogP contribution in [0.25, 0.3) is 5.69 Å². The van der Waals surface area contributed by atoms with Crippen LogP contribution in [0.2, 0.25) is 5.02 Å². The molecule has 110 valence electrons. The van der Waals surface area contributed by atoms with E-state index in [1.54, 1.807) is 16.8 Å². The zero-order valence-corrected chi connectivity index (χ0v) is 12.1. The van der Waals surface area contributed by atoms with Crippen LogP contribution < -0.4 is 0 Å². The molecule has 1 aromatic carbocycles. The highest BCUT2D eigenvalue weighted by Gasteiger charge is 2.28. The number of aromatic nitrogens is 3. The van der Waals surface area contributed by atoms with E-state index >= 15 is 0 Å². The summed E-state index contributed by atoms with van der Waals surface area (Å²) in [5.74, 6) is -0.987. The van der Waals surface area contributed by atoms with E-state index in [1.165, 1.54) is 0 Å². The number of hydrogen-bond acceptors (Lipinski definition) is 4. The average molecular weight is 307 g/mol. The van der Waals surface area contributed by atoms with Gasteiger partial charge in [-0.3, -0.25) is 9.69 Å². The number of hydrogen-bond donors (Lipinski definition) is 1. The van der Waals surface area contributed by atoms with E-state index in [-0.39, 0.29) is 5.92 Å². The maximum atomic E-state index is 10.9. The maximum Gasteiger partial charge on any atom is 0.307 e. The molecule has 2 heterocycles. The molecule has 7 heteroatoms. The second-order valence-corrected chi connectivity index (χ2v) is 5.63. The molecule has 3 rings (SSSR count). The summed E-state index contributed by atoms with van der Waals surface area (Å²) in [6.07, 6.45) is 2.55. The van der Waals surface area contributed by atoms with Crippen molar-refractivity contribution in [3.8, 4) is 5.69 Å². The van der Waals surface area contributed by atoms with Crippen LogP contribution in [0.1, 0.15) is 12.1 Å². The SMILES string of the molecule is O=C(O)C1CCN(Cc2cn(-c3ccc(Cl)cc3)nn2)C1. The Morgan fingerprint density at radius 1 is 1.38 bits per heavy atom. The Balaban J connectivity index is 1.66. The first-order valence-electron chi connectivity index (χ1n) is 6.74.